The molecule has 2 nitrogen and oxygen atoms in total. The maximum absolute atomic E-state index is 14.0. The summed E-state index contributed by atoms with van der Waals surface area (Å²) in [5, 5.41) is 0. The highest BCUT2D eigenvalue weighted by atomic mass is 19.1. The van der Waals surface area contributed by atoms with Gasteiger partial charge in [0.05, 0.1) is 0 Å². The van der Waals surface area contributed by atoms with Crippen LogP contribution in [0.15, 0.2) is 18.2 Å². The van der Waals surface area contributed by atoms with E-state index in [1.165, 1.54) is 12.0 Å². The van der Waals surface area contributed by atoms with Crippen molar-refractivity contribution in [2.24, 2.45) is 0 Å². The lowest BCUT2D eigenvalue weighted by atomic mass is 10.1. The van der Waals surface area contributed by atoms with Crippen molar-refractivity contribution in [1.29, 1.82) is 0 Å². The molecule has 98 valence electrons. The summed E-state index contributed by atoms with van der Waals surface area (Å²) >= 11 is 0. The summed E-state index contributed by atoms with van der Waals surface area (Å²) in [6, 6.07) is 6.46. The second-order valence-electron chi connectivity index (χ2n) is 5.77. The molecule has 18 heavy (non-hydrogen) atoms. The molecule has 2 atom stereocenters. The van der Waals surface area contributed by atoms with E-state index in [9.17, 15) is 4.39 Å². The Balaban J connectivity index is 1.81. The molecule has 1 aromatic rings. The molecule has 3 heteroatoms. The van der Waals surface area contributed by atoms with Crippen LogP contribution in [0.3, 0.4) is 0 Å². The fourth-order valence-electron chi connectivity index (χ4n) is 3.45. The quantitative estimate of drug-likeness (QED) is 0.793. The van der Waals surface area contributed by atoms with E-state index < -0.39 is 0 Å². The van der Waals surface area contributed by atoms with E-state index in [0.29, 0.717) is 12.1 Å². The Bertz CT molecular complexity index is 444. The van der Waals surface area contributed by atoms with E-state index in [1.807, 2.05) is 6.07 Å². The standard InChI is InChI=1S/C15H21FN2/c1-17(2)12-8-9-18(10-12)14-7-6-11-4-3-5-13(16)15(11)14/h3-5,12,14H,6-10H2,1-2H3/t12-,14-/m1/s1. The number of fused-ring (bicyclic) bond motifs is 1. The second-order valence-corrected chi connectivity index (χ2v) is 5.77. The summed E-state index contributed by atoms with van der Waals surface area (Å²) in [5.74, 6) is -0.0108. The number of benzene rings is 1. The first-order valence-corrected chi connectivity index (χ1v) is 6.84. The fraction of sp³-hybridized carbons (Fsp3) is 0.600. The maximum atomic E-state index is 14.0. The van der Waals surface area contributed by atoms with Crippen molar-refractivity contribution >= 4 is 0 Å². The van der Waals surface area contributed by atoms with Crippen LogP contribution in [0.4, 0.5) is 4.39 Å². The maximum Gasteiger partial charge on any atom is 0.128 e. The Hall–Kier alpha value is -0.930. The normalized spacial score (nSPS) is 28.0. The number of aryl methyl sites for hydroxylation is 1. The van der Waals surface area contributed by atoms with E-state index >= 15 is 0 Å². The SMILES string of the molecule is CN(C)[C@@H]1CCN([C@@H]2CCc3cccc(F)c32)C1. The van der Waals surface area contributed by atoms with Gasteiger partial charge in [0.1, 0.15) is 5.82 Å². The highest BCUT2D eigenvalue weighted by Crippen LogP contribution is 2.39. The first-order chi connectivity index (χ1) is 8.66. The van der Waals surface area contributed by atoms with Crippen LogP contribution in [-0.2, 0) is 6.42 Å². The highest BCUT2D eigenvalue weighted by molar-refractivity contribution is 5.36. The average molecular weight is 248 g/mol. The van der Waals surface area contributed by atoms with Gasteiger partial charge in [0, 0.05) is 30.7 Å². The zero-order valence-corrected chi connectivity index (χ0v) is 11.2. The first-order valence-electron chi connectivity index (χ1n) is 6.84. The molecule has 1 saturated heterocycles. The fourth-order valence-corrected chi connectivity index (χ4v) is 3.45. The summed E-state index contributed by atoms with van der Waals surface area (Å²) in [7, 11) is 4.27. The minimum absolute atomic E-state index is 0.0108. The van der Waals surface area contributed by atoms with Crippen LogP contribution in [-0.4, -0.2) is 43.0 Å². The van der Waals surface area contributed by atoms with E-state index in [4.69, 9.17) is 0 Å². The van der Waals surface area contributed by atoms with Crippen molar-refractivity contribution in [2.45, 2.75) is 31.3 Å². The molecule has 0 N–H and O–H groups in total. The van der Waals surface area contributed by atoms with Crippen LogP contribution in [0.1, 0.15) is 30.0 Å². The Labute approximate surface area is 108 Å². The first kappa shape index (κ1) is 12.1. The predicted octanol–water partition coefficient (Wildman–Crippen LogP) is 2.45. The lowest BCUT2D eigenvalue weighted by Gasteiger charge is -2.26. The average Bonchev–Trinajstić information content (AvgIpc) is 2.94. The van der Waals surface area contributed by atoms with E-state index in [1.54, 1.807) is 6.07 Å². The molecule has 0 spiro atoms. The van der Waals surface area contributed by atoms with Crippen LogP contribution in [0.2, 0.25) is 0 Å². The summed E-state index contributed by atoms with van der Waals surface area (Å²) in [6.45, 7) is 2.17. The molecule has 2 aliphatic rings. The van der Waals surface area contributed by atoms with Gasteiger partial charge in [-0.25, -0.2) is 4.39 Å². The second kappa shape index (κ2) is 4.63. The third kappa shape index (κ3) is 1.95. The van der Waals surface area contributed by atoms with Gasteiger partial charge in [-0.05, 0) is 45.0 Å². The van der Waals surface area contributed by atoms with Gasteiger partial charge in [-0.1, -0.05) is 12.1 Å². The van der Waals surface area contributed by atoms with Crippen molar-refractivity contribution < 1.29 is 4.39 Å². The Morgan fingerprint density at radius 1 is 1.28 bits per heavy atom. The molecule has 3 rings (SSSR count). The molecule has 1 heterocycles. The summed E-state index contributed by atoms with van der Waals surface area (Å²) in [4.78, 5) is 4.76. The third-order valence-corrected chi connectivity index (χ3v) is 4.53. The van der Waals surface area contributed by atoms with Gasteiger partial charge in [-0.2, -0.15) is 0 Å². The van der Waals surface area contributed by atoms with Gasteiger partial charge in [0.15, 0.2) is 0 Å². The molecule has 0 aromatic heterocycles. The van der Waals surface area contributed by atoms with Crippen molar-refractivity contribution in [3.05, 3.63) is 35.1 Å². The minimum atomic E-state index is -0.0108. The van der Waals surface area contributed by atoms with Crippen molar-refractivity contribution in [2.75, 3.05) is 27.2 Å². The number of rotatable bonds is 2. The van der Waals surface area contributed by atoms with Gasteiger partial charge in [0.2, 0.25) is 0 Å². The van der Waals surface area contributed by atoms with E-state index in [-0.39, 0.29) is 5.82 Å². The van der Waals surface area contributed by atoms with E-state index in [2.05, 4.69) is 30.0 Å². The largest absolute Gasteiger partial charge is 0.305 e. The van der Waals surface area contributed by atoms with Crippen LogP contribution in [0.5, 0.6) is 0 Å². The molecule has 1 aromatic carbocycles. The predicted molar refractivity (Wildman–Crippen MR) is 71.1 cm³/mol. The molecule has 0 bridgehead atoms. The van der Waals surface area contributed by atoms with E-state index in [0.717, 1.165) is 31.5 Å². The van der Waals surface area contributed by atoms with Crippen molar-refractivity contribution in [3.8, 4) is 0 Å². The van der Waals surface area contributed by atoms with Crippen LogP contribution in [0, 0.1) is 5.82 Å². The number of nitrogens with zero attached hydrogens (tertiary/aromatic N) is 2. The molecular weight excluding hydrogens is 227 g/mol. The Morgan fingerprint density at radius 2 is 2.11 bits per heavy atom. The van der Waals surface area contributed by atoms with Gasteiger partial charge in [0.25, 0.3) is 0 Å². The van der Waals surface area contributed by atoms with Crippen molar-refractivity contribution in [1.82, 2.24) is 9.80 Å². The monoisotopic (exact) mass is 248 g/mol. The van der Waals surface area contributed by atoms with Crippen LogP contribution < -0.4 is 0 Å². The number of hydrogen-bond donors (Lipinski definition) is 0. The zero-order chi connectivity index (χ0) is 12.7. The molecule has 1 fully saturated rings. The van der Waals surface area contributed by atoms with Gasteiger partial charge >= 0.3 is 0 Å². The molecule has 0 unspecified atom stereocenters. The topological polar surface area (TPSA) is 6.48 Å². The van der Waals surface area contributed by atoms with Crippen LogP contribution in [0.25, 0.3) is 0 Å². The lowest BCUT2D eigenvalue weighted by Crippen LogP contribution is -2.33. The van der Waals surface area contributed by atoms with Gasteiger partial charge < -0.3 is 4.90 Å². The Kier molecular flexibility index (Phi) is 3.12. The molecule has 1 aliphatic carbocycles. The van der Waals surface area contributed by atoms with Gasteiger partial charge in [-0.3, -0.25) is 4.90 Å². The molecule has 0 saturated carbocycles. The van der Waals surface area contributed by atoms with Crippen molar-refractivity contribution in [3.63, 3.8) is 0 Å². The lowest BCUT2D eigenvalue weighted by molar-refractivity contribution is 0.213. The number of likely N-dealkylation sites (tertiary alicyclic amines) is 1. The zero-order valence-electron chi connectivity index (χ0n) is 11.2. The summed E-state index contributed by atoms with van der Waals surface area (Å²) in [5.41, 5.74) is 2.19. The smallest absolute Gasteiger partial charge is 0.128 e. The molecule has 0 radical (unpaired) electrons. The third-order valence-electron chi connectivity index (χ3n) is 4.53. The van der Waals surface area contributed by atoms with Crippen LogP contribution >= 0.6 is 0 Å². The molecule has 0 amide bonds. The molecular formula is C15H21FN2. The summed E-state index contributed by atoms with van der Waals surface area (Å²) < 4.78 is 14.0. The number of halogens is 1. The summed E-state index contributed by atoms with van der Waals surface area (Å²) in [6.07, 6.45) is 3.31. The molecule has 1 aliphatic heterocycles. The number of likely N-dealkylation sites (N-methyl/N-ethyl adjacent to an activating group) is 1. The van der Waals surface area contributed by atoms with Gasteiger partial charge in [-0.15, -0.1) is 0 Å². The highest BCUT2D eigenvalue weighted by Gasteiger charge is 2.35. The Morgan fingerprint density at radius 3 is 2.83 bits per heavy atom. The number of hydrogen-bond acceptors (Lipinski definition) is 2. The minimum Gasteiger partial charge on any atom is -0.305 e.